The Morgan fingerprint density at radius 3 is 2.40 bits per heavy atom. The molecular weight excluding hydrogens is 62.1 g/mol. The summed E-state index contributed by atoms with van der Waals surface area (Å²) in [4.78, 5) is 0. The number of rotatable bonds is 1. The van der Waals surface area contributed by atoms with Crippen LogP contribution in [-0.4, -0.2) is 6.54 Å². The van der Waals surface area contributed by atoms with Crippen molar-refractivity contribution in [1.82, 2.24) is 5.73 Å². The maximum atomic E-state index is 6.52. The molecule has 0 saturated carbocycles. The molecule has 0 spiro atoms. The Kier molecular flexibility index (Phi) is 3.48. The normalized spacial score (nSPS) is 10.0. The molecule has 0 unspecified atom stereocenters. The van der Waals surface area contributed by atoms with Crippen molar-refractivity contribution in [2.75, 3.05) is 6.54 Å². The van der Waals surface area contributed by atoms with Gasteiger partial charge in [0.2, 0.25) is 0 Å². The Morgan fingerprint density at radius 1 is 1.80 bits per heavy atom. The van der Waals surface area contributed by atoms with Crippen LogP contribution in [0.5, 0.6) is 0 Å². The Morgan fingerprint density at radius 2 is 2.40 bits per heavy atom. The van der Waals surface area contributed by atoms with E-state index in [1.54, 1.807) is 6.08 Å². The van der Waals surface area contributed by atoms with Crippen LogP contribution in [0.3, 0.4) is 0 Å². The van der Waals surface area contributed by atoms with Gasteiger partial charge in [0.05, 0.1) is 0 Å². The van der Waals surface area contributed by atoms with Crippen molar-refractivity contribution in [3.05, 3.63) is 12.2 Å². The molecule has 0 atom stereocenters. The maximum absolute atomic E-state index is 6.52. The molecule has 0 aromatic heterocycles. The van der Waals surface area contributed by atoms with Gasteiger partial charge in [0.1, 0.15) is 0 Å². The smallest absolute Gasteiger partial charge is 0.0280 e. The third kappa shape index (κ3) is 3.70. The lowest BCUT2D eigenvalue weighted by molar-refractivity contribution is 1.19. The molecule has 0 amide bonds. The zero-order valence-corrected chi connectivity index (χ0v) is 3.36. The molecule has 1 nitrogen and oxygen atoms in total. The van der Waals surface area contributed by atoms with Crippen LogP contribution >= 0.6 is 0 Å². The molecular formula is C4H8N. The molecule has 0 fully saturated rings. The van der Waals surface area contributed by atoms with Gasteiger partial charge < -0.3 is 0 Å². The van der Waals surface area contributed by atoms with E-state index in [4.69, 9.17) is 5.73 Å². The highest BCUT2D eigenvalue weighted by Crippen LogP contribution is 1.59. The van der Waals surface area contributed by atoms with E-state index in [1.165, 1.54) is 0 Å². The average Bonchev–Trinajstić information content (AvgIpc) is 1.41. The molecule has 0 aromatic carbocycles. The summed E-state index contributed by atoms with van der Waals surface area (Å²) >= 11 is 0. The van der Waals surface area contributed by atoms with Crippen molar-refractivity contribution in [2.24, 2.45) is 0 Å². The summed E-state index contributed by atoms with van der Waals surface area (Å²) in [6.45, 7) is 2.32. The molecule has 0 bridgehead atoms. The number of hydrogen-bond acceptors (Lipinski definition) is 0. The molecule has 0 heterocycles. The molecule has 0 aliphatic carbocycles. The van der Waals surface area contributed by atoms with Gasteiger partial charge in [-0.1, -0.05) is 12.2 Å². The second-order valence-corrected chi connectivity index (χ2v) is 0.773. The first-order valence-electron chi connectivity index (χ1n) is 1.67. The van der Waals surface area contributed by atoms with E-state index in [1.807, 2.05) is 13.0 Å². The van der Waals surface area contributed by atoms with Crippen LogP contribution in [-0.2, 0) is 0 Å². The van der Waals surface area contributed by atoms with Crippen LogP contribution < -0.4 is 5.73 Å². The van der Waals surface area contributed by atoms with Crippen molar-refractivity contribution < 1.29 is 0 Å². The van der Waals surface area contributed by atoms with Gasteiger partial charge in [-0.15, -0.1) is 0 Å². The second kappa shape index (κ2) is 3.70. The minimum absolute atomic E-state index is 0.413. The lowest BCUT2D eigenvalue weighted by Crippen LogP contribution is -1.70. The predicted octanol–water partition coefficient (Wildman–Crippen LogP) is 0.845. The molecule has 0 aromatic rings. The molecule has 1 heteroatoms. The van der Waals surface area contributed by atoms with Crippen LogP contribution in [0.1, 0.15) is 6.92 Å². The minimum Gasteiger partial charge on any atom is -0.254 e. The van der Waals surface area contributed by atoms with Crippen LogP contribution in [0.4, 0.5) is 0 Å². The van der Waals surface area contributed by atoms with E-state index >= 15 is 0 Å². The van der Waals surface area contributed by atoms with Gasteiger partial charge in [0, 0.05) is 6.54 Å². The highest BCUT2D eigenvalue weighted by Gasteiger charge is 1.52. The summed E-state index contributed by atoms with van der Waals surface area (Å²) in [5.74, 6) is 0. The fraction of sp³-hybridized carbons (Fsp3) is 0.500. The molecule has 1 radical (unpaired) electrons. The summed E-state index contributed by atoms with van der Waals surface area (Å²) in [5, 5.41) is 0. The Bertz CT molecular complexity index is 30.6. The first kappa shape index (κ1) is 4.70. The molecule has 0 rings (SSSR count). The lowest BCUT2D eigenvalue weighted by atomic mass is 10.5. The number of hydrogen-bond donors (Lipinski definition) is 0. The van der Waals surface area contributed by atoms with Crippen molar-refractivity contribution in [3.63, 3.8) is 0 Å². The van der Waals surface area contributed by atoms with Crippen LogP contribution in [0.15, 0.2) is 12.2 Å². The van der Waals surface area contributed by atoms with Gasteiger partial charge in [0.15, 0.2) is 0 Å². The summed E-state index contributed by atoms with van der Waals surface area (Å²) < 4.78 is 0. The summed E-state index contributed by atoms with van der Waals surface area (Å²) in [7, 11) is 0. The van der Waals surface area contributed by atoms with Gasteiger partial charge in [-0.25, -0.2) is 0 Å². The van der Waals surface area contributed by atoms with Gasteiger partial charge >= 0.3 is 0 Å². The SMILES string of the molecule is CC=CC[NH]. The lowest BCUT2D eigenvalue weighted by Gasteiger charge is -1.65. The second-order valence-electron chi connectivity index (χ2n) is 0.773. The van der Waals surface area contributed by atoms with Crippen LogP contribution in [0.2, 0.25) is 0 Å². The highest BCUT2D eigenvalue weighted by molar-refractivity contribution is 4.76. The van der Waals surface area contributed by atoms with Gasteiger partial charge in [-0.05, 0) is 6.92 Å². The quantitative estimate of drug-likeness (QED) is 0.408. The van der Waals surface area contributed by atoms with E-state index < -0.39 is 0 Å². The van der Waals surface area contributed by atoms with Crippen LogP contribution in [0.25, 0.3) is 0 Å². The first-order valence-corrected chi connectivity index (χ1v) is 1.67. The third-order valence-corrected chi connectivity index (χ3v) is 0.354. The van der Waals surface area contributed by atoms with Crippen LogP contribution in [0, 0.1) is 0 Å². The Balaban J connectivity index is 2.62. The zero-order valence-electron chi connectivity index (χ0n) is 3.36. The number of nitrogens with one attached hydrogen (secondary N) is 1. The predicted molar refractivity (Wildman–Crippen MR) is 22.8 cm³/mol. The molecule has 0 saturated heterocycles. The molecule has 29 valence electrons. The number of allylic oxidation sites excluding steroid dienone is 1. The van der Waals surface area contributed by atoms with Gasteiger partial charge in [-0.2, -0.15) is 0 Å². The van der Waals surface area contributed by atoms with Gasteiger partial charge in [-0.3, -0.25) is 5.73 Å². The van der Waals surface area contributed by atoms with E-state index in [9.17, 15) is 0 Å². The zero-order chi connectivity index (χ0) is 4.12. The fourth-order valence-corrected chi connectivity index (χ4v) is 0.118. The van der Waals surface area contributed by atoms with E-state index in [2.05, 4.69) is 0 Å². The van der Waals surface area contributed by atoms with Crippen molar-refractivity contribution in [1.29, 1.82) is 0 Å². The van der Waals surface area contributed by atoms with E-state index in [0.29, 0.717) is 6.54 Å². The highest BCUT2D eigenvalue weighted by atomic mass is 14.5. The molecule has 0 aliphatic rings. The summed E-state index contributed by atoms with van der Waals surface area (Å²) in [6.07, 6.45) is 3.66. The molecule has 0 aliphatic heterocycles. The third-order valence-electron chi connectivity index (χ3n) is 0.354. The standard InChI is InChI=1S/C4H8N/c1-2-3-4-5/h2-3,5H,4H2,1H3. The largest absolute Gasteiger partial charge is 0.254 e. The molecule has 1 N–H and O–H groups in total. The topological polar surface area (TPSA) is 23.8 Å². The van der Waals surface area contributed by atoms with Crippen molar-refractivity contribution in [2.45, 2.75) is 6.92 Å². The molecule has 5 heavy (non-hydrogen) atoms. The van der Waals surface area contributed by atoms with E-state index in [0.717, 1.165) is 0 Å². The summed E-state index contributed by atoms with van der Waals surface area (Å²) in [5.41, 5.74) is 6.52. The monoisotopic (exact) mass is 70.1 g/mol. The van der Waals surface area contributed by atoms with Crippen molar-refractivity contribution >= 4 is 0 Å². The van der Waals surface area contributed by atoms with E-state index in [-0.39, 0.29) is 0 Å². The fourth-order valence-electron chi connectivity index (χ4n) is 0.118. The first-order chi connectivity index (χ1) is 2.41. The minimum atomic E-state index is 0.413. The Labute approximate surface area is 32.5 Å². The van der Waals surface area contributed by atoms with Crippen molar-refractivity contribution in [3.8, 4) is 0 Å². The maximum Gasteiger partial charge on any atom is 0.0280 e. The van der Waals surface area contributed by atoms with Gasteiger partial charge in [0.25, 0.3) is 0 Å². The Hall–Kier alpha value is -0.300. The summed E-state index contributed by atoms with van der Waals surface area (Å²) in [6, 6.07) is 0. The average molecular weight is 70.1 g/mol.